The van der Waals surface area contributed by atoms with Crippen LogP contribution in [0, 0.1) is 5.82 Å². The van der Waals surface area contributed by atoms with E-state index in [0.29, 0.717) is 0 Å². The molecule has 1 aliphatic rings. The number of likely N-dealkylation sites (N-methyl/N-ethyl adjacent to an activating group) is 1. The van der Waals surface area contributed by atoms with Gasteiger partial charge in [-0.25, -0.2) is 9.18 Å². The molecule has 3 aromatic rings. The van der Waals surface area contributed by atoms with Gasteiger partial charge in [-0.05, 0) is 59.7 Å². The Morgan fingerprint density at radius 1 is 1.13 bits per heavy atom. The third kappa shape index (κ3) is 4.74. The summed E-state index contributed by atoms with van der Waals surface area (Å²) in [6.07, 6.45) is -5.20. The van der Waals surface area contributed by atoms with Crippen molar-refractivity contribution in [3.8, 4) is 17.2 Å². The predicted molar refractivity (Wildman–Crippen MR) is 129 cm³/mol. The molecule has 0 fully saturated rings. The Balaban J connectivity index is 1.75. The molecule has 0 aliphatic carbocycles. The number of carbonyl (C=O) groups excluding carboxylic acids is 1. The molecule has 0 aromatic heterocycles. The van der Waals surface area contributed by atoms with Crippen LogP contribution in [0.4, 0.5) is 23.2 Å². The summed E-state index contributed by atoms with van der Waals surface area (Å²) in [6, 6.07) is 9.88. The fraction of sp³-hybridized carbons (Fsp3) is 0.231. The number of carbonyl (C=O) groups is 2. The smallest absolute Gasteiger partial charge is 0.422 e. The lowest BCUT2D eigenvalue weighted by molar-refractivity contribution is -0.274. The molecule has 1 aliphatic heterocycles. The Bertz CT molecular complexity index is 1430. The molecular formula is C26H20ClF4NO6. The van der Waals surface area contributed by atoms with Crippen LogP contribution in [0.3, 0.4) is 0 Å². The maximum Gasteiger partial charge on any atom is 0.422 e. The summed E-state index contributed by atoms with van der Waals surface area (Å²) in [5.41, 5.74) is -4.46. The summed E-state index contributed by atoms with van der Waals surface area (Å²) in [5.74, 6) is -4.84. The number of benzene rings is 3. The van der Waals surface area contributed by atoms with Crippen molar-refractivity contribution >= 4 is 29.2 Å². The van der Waals surface area contributed by atoms with Crippen LogP contribution in [0.5, 0.6) is 17.2 Å². The van der Waals surface area contributed by atoms with Gasteiger partial charge in [0.1, 0.15) is 11.5 Å². The van der Waals surface area contributed by atoms with Crippen molar-refractivity contribution in [1.29, 1.82) is 0 Å². The summed E-state index contributed by atoms with van der Waals surface area (Å²) in [5, 5.41) is 20.1. The molecule has 2 N–H and O–H groups in total. The lowest BCUT2D eigenvalue weighted by atomic mass is 9.77. The molecule has 38 heavy (non-hydrogen) atoms. The number of aromatic carboxylic acids is 1. The Hall–Kier alpha value is -3.83. The molecule has 4 rings (SSSR count). The van der Waals surface area contributed by atoms with Crippen molar-refractivity contribution in [3.05, 3.63) is 82.1 Å². The second kappa shape index (κ2) is 9.80. The van der Waals surface area contributed by atoms with E-state index in [9.17, 15) is 32.3 Å². The van der Waals surface area contributed by atoms with Gasteiger partial charge in [0.05, 0.1) is 11.3 Å². The monoisotopic (exact) mass is 553 g/mol. The molecule has 0 saturated carbocycles. The molecule has 200 valence electrons. The van der Waals surface area contributed by atoms with E-state index in [1.807, 2.05) is 0 Å². The minimum absolute atomic E-state index is 0.0529. The summed E-state index contributed by atoms with van der Waals surface area (Å²) in [4.78, 5) is 24.2. The van der Waals surface area contributed by atoms with Crippen molar-refractivity contribution in [2.45, 2.75) is 24.6 Å². The number of hydrogen-bond donors (Lipinski definition) is 2. The number of rotatable bonds is 6. The van der Waals surface area contributed by atoms with Gasteiger partial charge in [-0.1, -0.05) is 24.6 Å². The highest BCUT2D eigenvalue weighted by molar-refractivity contribution is 6.31. The minimum atomic E-state index is -5.20. The van der Waals surface area contributed by atoms with E-state index in [-0.39, 0.29) is 45.7 Å². The minimum Gasteiger partial charge on any atom is -0.482 e. The number of fused-ring (bicyclic) bond motifs is 1. The van der Waals surface area contributed by atoms with Gasteiger partial charge in [0.2, 0.25) is 0 Å². The van der Waals surface area contributed by atoms with Gasteiger partial charge >= 0.3 is 12.1 Å². The second-order valence-corrected chi connectivity index (χ2v) is 9.05. The highest BCUT2D eigenvalue weighted by atomic mass is 35.5. The molecule has 0 bridgehead atoms. The highest BCUT2D eigenvalue weighted by Crippen LogP contribution is 2.51. The zero-order chi connectivity index (χ0) is 28.0. The van der Waals surface area contributed by atoms with Crippen molar-refractivity contribution in [2.75, 3.05) is 18.6 Å². The standard InChI is InChI=1S/C26H20ClF4NO6/c1-13(17-11-16(5-6-18(17)27)38-21-7-3-14(24(34)35)9-19(21)28)25(36,26(29,30)31)15-4-8-22-20(10-15)32(2)23(33)12-37-22/h3-11,13,36H,12H2,1-2H3,(H,34,35)/t13-,25-/m0/s1. The third-order valence-electron chi connectivity index (χ3n) is 6.39. The molecule has 1 heterocycles. The summed E-state index contributed by atoms with van der Waals surface area (Å²) >= 11 is 6.24. The number of alkyl halides is 3. The van der Waals surface area contributed by atoms with E-state index < -0.39 is 41.0 Å². The molecule has 7 nitrogen and oxygen atoms in total. The molecule has 12 heteroatoms. The fourth-order valence-corrected chi connectivity index (χ4v) is 4.44. The Labute approximate surface area is 218 Å². The van der Waals surface area contributed by atoms with E-state index in [4.69, 9.17) is 26.2 Å². The Morgan fingerprint density at radius 2 is 1.84 bits per heavy atom. The maximum atomic E-state index is 14.5. The van der Waals surface area contributed by atoms with Crippen LogP contribution in [-0.2, 0) is 10.4 Å². The third-order valence-corrected chi connectivity index (χ3v) is 6.73. The molecule has 1 amide bonds. The summed E-state index contributed by atoms with van der Waals surface area (Å²) in [7, 11) is 1.38. The molecule has 2 atom stereocenters. The van der Waals surface area contributed by atoms with Crippen LogP contribution in [0.25, 0.3) is 0 Å². The van der Waals surface area contributed by atoms with Gasteiger partial charge in [0.15, 0.2) is 23.8 Å². The lowest BCUT2D eigenvalue weighted by Crippen LogP contribution is -2.47. The first-order chi connectivity index (χ1) is 17.7. The molecular weight excluding hydrogens is 534 g/mol. The van der Waals surface area contributed by atoms with E-state index in [0.717, 1.165) is 48.2 Å². The van der Waals surface area contributed by atoms with Gasteiger partial charge in [-0.3, -0.25) is 4.79 Å². The lowest BCUT2D eigenvalue weighted by Gasteiger charge is -2.38. The van der Waals surface area contributed by atoms with E-state index in [1.54, 1.807) is 0 Å². The molecule has 0 saturated heterocycles. The average molecular weight is 554 g/mol. The molecule has 0 radical (unpaired) electrons. The number of hydrogen-bond acceptors (Lipinski definition) is 5. The zero-order valence-electron chi connectivity index (χ0n) is 19.8. The van der Waals surface area contributed by atoms with Crippen molar-refractivity contribution < 1.29 is 46.8 Å². The topological polar surface area (TPSA) is 96.3 Å². The quantitative estimate of drug-likeness (QED) is 0.370. The van der Waals surface area contributed by atoms with Gasteiger partial charge in [0, 0.05) is 18.0 Å². The number of amides is 1. The molecule has 0 unspecified atom stereocenters. The van der Waals surface area contributed by atoms with Crippen LogP contribution in [0.2, 0.25) is 5.02 Å². The van der Waals surface area contributed by atoms with Crippen LogP contribution in [-0.4, -0.2) is 41.9 Å². The first-order valence-corrected chi connectivity index (χ1v) is 11.4. The first kappa shape index (κ1) is 27.2. The zero-order valence-corrected chi connectivity index (χ0v) is 20.6. The largest absolute Gasteiger partial charge is 0.482 e. The highest BCUT2D eigenvalue weighted by Gasteiger charge is 2.59. The second-order valence-electron chi connectivity index (χ2n) is 8.65. The van der Waals surface area contributed by atoms with Crippen LogP contribution < -0.4 is 14.4 Å². The normalized spacial score (nSPS) is 15.8. The van der Waals surface area contributed by atoms with Crippen LogP contribution in [0.15, 0.2) is 54.6 Å². The first-order valence-electron chi connectivity index (χ1n) is 11.1. The average Bonchev–Trinajstić information content (AvgIpc) is 2.86. The van der Waals surface area contributed by atoms with Crippen LogP contribution >= 0.6 is 11.6 Å². The van der Waals surface area contributed by atoms with E-state index >= 15 is 0 Å². The van der Waals surface area contributed by atoms with Crippen molar-refractivity contribution in [2.24, 2.45) is 0 Å². The molecule has 0 spiro atoms. The number of ether oxygens (including phenoxy) is 2. The van der Waals surface area contributed by atoms with Gasteiger partial charge in [-0.15, -0.1) is 0 Å². The Kier molecular flexibility index (Phi) is 7.02. The molecule has 3 aromatic carbocycles. The number of carboxylic acids is 1. The Morgan fingerprint density at radius 3 is 2.47 bits per heavy atom. The number of nitrogens with zero attached hydrogens (tertiary/aromatic N) is 1. The van der Waals surface area contributed by atoms with Crippen molar-refractivity contribution in [1.82, 2.24) is 0 Å². The number of carboxylic acid groups (broad SMARTS) is 1. The predicted octanol–water partition coefficient (Wildman–Crippen LogP) is 5.88. The van der Waals surface area contributed by atoms with Gasteiger partial charge < -0.3 is 24.6 Å². The fourth-order valence-electron chi connectivity index (χ4n) is 4.15. The van der Waals surface area contributed by atoms with Crippen molar-refractivity contribution in [3.63, 3.8) is 0 Å². The van der Waals surface area contributed by atoms with E-state index in [2.05, 4.69) is 0 Å². The van der Waals surface area contributed by atoms with Crippen LogP contribution in [0.1, 0.15) is 34.3 Å². The SMILES string of the molecule is C[C@@H](c1cc(Oc2ccc(C(=O)O)cc2F)ccc1Cl)[C@](O)(c1ccc2c(c1)N(C)C(=O)CO2)C(F)(F)F. The number of anilines is 1. The summed E-state index contributed by atoms with van der Waals surface area (Å²) < 4.78 is 68.7. The number of halogens is 5. The maximum absolute atomic E-state index is 14.5. The summed E-state index contributed by atoms with van der Waals surface area (Å²) in [6.45, 7) is 0.844. The van der Waals surface area contributed by atoms with Gasteiger partial charge in [-0.2, -0.15) is 13.2 Å². The number of aliphatic hydroxyl groups is 1. The van der Waals surface area contributed by atoms with Gasteiger partial charge in [0.25, 0.3) is 5.91 Å². The van der Waals surface area contributed by atoms with E-state index in [1.165, 1.54) is 25.2 Å².